The maximum atomic E-state index is 4.79. The standard InChI is InChI=1S/C17H28N4/c1-15(2,3)18-11-9-10-12(19-16(4,5)6)14-13(11)20-17(7,8)21-14/h9-10,18-19H,1-8H3. The molecule has 2 N–H and O–H groups in total. The zero-order chi connectivity index (χ0) is 16.1. The summed E-state index contributed by atoms with van der Waals surface area (Å²) in [5, 5.41) is 8.98. The van der Waals surface area contributed by atoms with Crippen molar-refractivity contribution in [1.82, 2.24) is 0 Å². The number of fused-ring (bicyclic) bond motifs is 1. The van der Waals surface area contributed by atoms with Crippen molar-refractivity contribution in [3.63, 3.8) is 0 Å². The van der Waals surface area contributed by atoms with E-state index < -0.39 is 5.66 Å². The number of nitrogens with zero attached hydrogens (tertiary/aromatic N) is 2. The monoisotopic (exact) mass is 288 g/mol. The first-order valence-corrected chi connectivity index (χ1v) is 7.56. The number of hydrogen-bond donors (Lipinski definition) is 2. The van der Waals surface area contributed by atoms with Crippen LogP contribution in [0.2, 0.25) is 0 Å². The minimum atomic E-state index is -0.397. The summed E-state index contributed by atoms with van der Waals surface area (Å²) in [7, 11) is 0. The zero-order valence-corrected chi connectivity index (χ0v) is 14.5. The fraction of sp³-hybridized carbons (Fsp3) is 0.647. The van der Waals surface area contributed by atoms with Crippen LogP contribution in [0.1, 0.15) is 55.4 Å². The van der Waals surface area contributed by atoms with Gasteiger partial charge in [-0.05, 0) is 67.5 Å². The van der Waals surface area contributed by atoms with Gasteiger partial charge in [-0.15, -0.1) is 0 Å². The Morgan fingerprint density at radius 2 is 1.10 bits per heavy atom. The fourth-order valence-corrected chi connectivity index (χ4v) is 2.39. The molecule has 0 saturated heterocycles. The molecule has 0 fully saturated rings. The van der Waals surface area contributed by atoms with Gasteiger partial charge in [-0.2, -0.15) is 0 Å². The summed E-state index contributed by atoms with van der Waals surface area (Å²) in [5.41, 5.74) is 1.69. The summed E-state index contributed by atoms with van der Waals surface area (Å²) in [6.45, 7) is 17.0. The Hall–Kier alpha value is -1.58. The van der Waals surface area contributed by atoms with E-state index >= 15 is 0 Å². The molecule has 0 atom stereocenters. The van der Waals surface area contributed by atoms with E-state index in [-0.39, 0.29) is 11.1 Å². The van der Waals surface area contributed by atoms with Gasteiger partial charge in [-0.1, -0.05) is 0 Å². The van der Waals surface area contributed by atoms with Crippen LogP contribution in [0.5, 0.6) is 0 Å². The second kappa shape index (κ2) is 4.72. The van der Waals surface area contributed by atoms with Crippen LogP contribution in [0.25, 0.3) is 0 Å². The van der Waals surface area contributed by atoms with Crippen molar-refractivity contribution in [1.29, 1.82) is 0 Å². The lowest BCUT2D eigenvalue weighted by Crippen LogP contribution is -2.37. The molecule has 0 saturated carbocycles. The first kappa shape index (κ1) is 15.8. The zero-order valence-electron chi connectivity index (χ0n) is 14.5. The molecule has 4 heteroatoms. The van der Waals surface area contributed by atoms with Crippen molar-refractivity contribution in [2.45, 2.75) is 72.1 Å². The van der Waals surface area contributed by atoms with Crippen molar-refractivity contribution in [2.24, 2.45) is 9.98 Å². The molecule has 0 bridgehead atoms. The van der Waals surface area contributed by atoms with Crippen molar-refractivity contribution in [3.05, 3.63) is 22.8 Å². The van der Waals surface area contributed by atoms with Crippen LogP contribution in [0.4, 0.5) is 11.4 Å². The van der Waals surface area contributed by atoms with E-state index in [1.54, 1.807) is 0 Å². The molecule has 1 aromatic rings. The van der Waals surface area contributed by atoms with E-state index in [1.807, 2.05) is 13.8 Å². The molecule has 116 valence electrons. The van der Waals surface area contributed by atoms with Gasteiger partial charge in [0.1, 0.15) is 16.4 Å². The van der Waals surface area contributed by atoms with Crippen LogP contribution in [0.15, 0.2) is 22.1 Å². The van der Waals surface area contributed by atoms with Gasteiger partial charge < -0.3 is 10.6 Å². The van der Waals surface area contributed by atoms with E-state index in [4.69, 9.17) is 9.98 Å². The van der Waals surface area contributed by atoms with E-state index in [2.05, 4.69) is 64.3 Å². The number of anilines is 2. The first-order chi connectivity index (χ1) is 9.36. The Balaban J connectivity index is 2.59. The maximum Gasteiger partial charge on any atom is 0.146 e. The normalized spacial score (nSPS) is 16.8. The summed E-state index contributed by atoms with van der Waals surface area (Å²) in [5.74, 6) is 0. The highest BCUT2D eigenvalue weighted by atomic mass is 15.1. The molecule has 0 unspecified atom stereocenters. The number of hydrogen-bond acceptors (Lipinski definition) is 4. The van der Waals surface area contributed by atoms with Crippen LogP contribution >= 0.6 is 0 Å². The van der Waals surface area contributed by atoms with Gasteiger partial charge in [-0.25, -0.2) is 0 Å². The predicted molar refractivity (Wildman–Crippen MR) is 89.6 cm³/mol. The second-order valence-corrected chi connectivity index (χ2v) is 8.33. The van der Waals surface area contributed by atoms with Gasteiger partial charge in [0.05, 0.1) is 11.4 Å². The fourth-order valence-electron chi connectivity index (χ4n) is 2.39. The highest BCUT2D eigenvalue weighted by molar-refractivity contribution is 5.55. The summed E-state index contributed by atoms with van der Waals surface area (Å²) in [4.78, 5) is 9.58. The number of nitrogens with one attached hydrogen (secondary N) is 2. The lowest BCUT2D eigenvalue weighted by atomic mass is 10.1. The van der Waals surface area contributed by atoms with Crippen molar-refractivity contribution >= 4 is 11.4 Å². The van der Waals surface area contributed by atoms with Crippen molar-refractivity contribution in [2.75, 3.05) is 10.6 Å². The van der Waals surface area contributed by atoms with Crippen LogP contribution in [0.3, 0.4) is 0 Å². The van der Waals surface area contributed by atoms with Crippen molar-refractivity contribution in [3.8, 4) is 0 Å². The Labute approximate surface area is 127 Å². The lowest BCUT2D eigenvalue weighted by molar-refractivity contribution is 0.548. The molecule has 1 aliphatic rings. The smallest absolute Gasteiger partial charge is 0.146 e. The van der Waals surface area contributed by atoms with Gasteiger partial charge in [0, 0.05) is 11.1 Å². The molecule has 4 nitrogen and oxygen atoms in total. The van der Waals surface area contributed by atoms with Crippen LogP contribution in [-0.4, -0.2) is 16.7 Å². The average Bonchev–Trinajstić information content (AvgIpc) is 2.54. The minimum absolute atomic E-state index is 0.00497. The highest BCUT2D eigenvalue weighted by Gasteiger charge is 2.24. The van der Waals surface area contributed by atoms with Crippen LogP contribution in [0, 0.1) is 0 Å². The van der Waals surface area contributed by atoms with Gasteiger partial charge in [0.15, 0.2) is 0 Å². The van der Waals surface area contributed by atoms with E-state index in [0.717, 1.165) is 22.1 Å². The molecule has 2 rings (SSSR count). The average molecular weight is 288 g/mol. The SMILES string of the molecule is CC1(C)N=c2c(NC(C)(C)C)ccc(NC(C)(C)C)c2=N1. The molecule has 0 aromatic heterocycles. The molecule has 0 radical (unpaired) electrons. The van der Waals surface area contributed by atoms with Crippen molar-refractivity contribution < 1.29 is 0 Å². The molecule has 0 aliphatic carbocycles. The maximum absolute atomic E-state index is 4.79. The topological polar surface area (TPSA) is 48.8 Å². The molecular formula is C17H28N4. The van der Waals surface area contributed by atoms with E-state index in [0.29, 0.717) is 0 Å². The largest absolute Gasteiger partial charge is 0.379 e. The Kier molecular flexibility index (Phi) is 3.55. The molecule has 0 amide bonds. The summed E-state index contributed by atoms with van der Waals surface area (Å²) in [6, 6.07) is 4.19. The van der Waals surface area contributed by atoms with E-state index in [1.165, 1.54) is 0 Å². The summed E-state index contributed by atoms with van der Waals surface area (Å²) >= 11 is 0. The lowest BCUT2D eigenvalue weighted by Gasteiger charge is -2.24. The van der Waals surface area contributed by atoms with Crippen LogP contribution in [-0.2, 0) is 0 Å². The van der Waals surface area contributed by atoms with E-state index in [9.17, 15) is 0 Å². The molecule has 1 heterocycles. The Morgan fingerprint density at radius 3 is 1.38 bits per heavy atom. The third-order valence-corrected chi connectivity index (χ3v) is 2.94. The molecular weight excluding hydrogens is 260 g/mol. The Morgan fingerprint density at radius 1 is 0.762 bits per heavy atom. The molecule has 1 aliphatic heterocycles. The number of rotatable bonds is 2. The third-order valence-electron chi connectivity index (χ3n) is 2.94. The first-order valence-electron chi connectivity index (χ1n) is 7.56. The molecule has 1 aromatic carbocycles. The Bertz CT molecular complexity index is 601. The third kappa shape index (κ3) is 3.96. The molecule has 21 heavy (non-hydrogen) atoms. The number of benzene rings is 1. The minimum Gasteiger partial charge on any atom is -0.379 e. The predicted octanol–water partition coefficient (Wildman–Crippen LogP) is 3.10. The van der Waals surface area contributed by atoms with Gasteiger partial charge in [0.25, 0.3) is 0 Å². The van der Waals surface area contributed by atoms with Gasteiger partial charge in [-0.3, -0.25) is 9.98 Å². The summed E-state index contributed by atoms with van der Waals surface area (Å²) < 4.78 is 0. The van der Waals surface area contributed by atoms with Gasteiger partial charge >= 0.3 is 0 Å². The quantitative estimate of drug-likeness (QED) is 0.878. The van der Waals surface area contributed by atoms with Crippen LogP contribution < -0.4 is 21.3 Å². The van der Waals surface area contributed by atoms with Gasteiger partial charge in [0.2, 0.25) is 0 Å². The second-order valence-electron chi connectivity index (χ2n) is 8.33. The highest BCUT2D eigenvalue weighted by Crippen LogP contribution is 2.19. The summed E-state index contributed by atoms with van der Waals surface area (Å²) in [6.07, 6.45) is 0. The molecule has 0 spiro atoms.